The molecule has 3 aromatic carbocycles. The summed E-state index contributed by atoms with van der Waals surface area (Å²) < 4.78 is 21.5. The molecule has 0 spiro atoms. The van der Waals surface area contributed by atoms with Gasteiger partial charge in [0.2, 0.25) is 0 Å². The summed E-state index contributed by atoms with van der Waals surface area (Å²) in [5.74, 6) is 3.20. The fourth-order valence-electron chi connectivity index (χ4n) is 3.03. The van der Waals surface area contributed by atoms with Crippen LogP contribution in [-0.2, 0) is 0 Å². The van der Waals surface area contributed by atoms with Crippen molar-refractivity contribution in [2.45, 2.75) is 0 Å². The number of ether oxygens (including phenoxy) is 4. The van der Waals surface area contributed by atoms with Gasteiger partial charge in [-0.3, -0.25) is 0 Å². The highest BCUT2D eigenvalue weighted by atomic mass is 16.5. The van der Waals surface area contributed by atoms with Crippen LogP contribution in [-0.4, -0.2) is 28.4 Å². The molecule has 0 saturated heterocycles. The molecule has 0 bridgehead atoms. The molecule has 3 rings (SSSR count). The molecule has 0 aliphatic heterocycles. The first-order valence-corrected chi connectivity index (χ1v) is 9.57. The second-order valence-electron chi connectivity index (χ2n) is 6.55. The molecular formula is C26H26O4. The SMILES string of the molecule is COc1ccc(OC)c(/C=C/c2ccc(/C=C/c3cc(OC)ccc3OC)cc2)c1. The second kappa shape index (κ2) is 10.2. The van der Waals surface area contributed by atoms with Crippen molar-refractivity contribution in [2.75, 3.05) is 28.4 Å². The van der Waals surface area contributed by atoms with E-state index in [1.807, 2.05) is 48.6 Å². The van der Waals surface area contributed by atoms with Gasteiger partial charge in [-0.15, -0.1) is 0 Å². The third kappa shape index (κ3) is 5.23. The third-order valence-corrected chi connectivity index (χ3v) is 4.72. The van der Waals surface area contributed by atoms with Gasteiger partial charge in [0.1, 0.15) is 23.0 Å². The normalized spacial score (nSPS) is 11.1. The highest BCUT2D eigenvalue weighted by molar-refractivity contribution is 5.76. The van der Waals surface area contributed by atoms with Gasteiger partial charge < -0.3 is 18.9 Å². The molecule has 0 atom stereocenters. The van der Waals surface area contributed by atoms with E-state index >= 15 is 0 Å². The Balaban J connectivity index is 1.76. The molecule has 0 fully saturated rings. The smallest absolute Gasteiger partial charge is 0.126 e. The van der Waals surface area contributed by atoms with Gasteiger partial charge in [0.15, 0.2) is 0 Å². The lowest BCUT2D eigenvalue weighted by Crippen LogP contribution is -1.89. The average molecular weight is 402 g/mol. The Morgan fingerprint density at radius 1 is 0.467 bits per heavy atom. The quantitative estimate of drug-likeness (QED) is 0.429. The zero-order valence-corrected chi connectivity index (χ0v) is 17.7. The van der Waals surface area contributed by atoms with E-state index in [0.29, 0.717) is 0 Å². The Kier molecular flexibility index (Phi) is 7.17. The Labute approximate surface area is 178 Å². The molecule has 4 heteroatoms. The van der Waals surface area contributed by atoms with Gasteiger partial charge in [0, 0.05) is 11.1 Å². The summed E-state index contributed by atoms with van der Waals surface area (Å²) in [5, 5.41) is 0. The lowest BCUT2D eigenvalue weighted by Gasteiger charge is -2.07. The Bertz CT molecular complexity index is 949. The summed E-state index contributed by atoms with van der Waals surface area (Å²) in [4.78, 5) is 0. The minimum atomic E-state index is 0.795. The van der Waals surface area contributed by atoms with E-state index in [-0.39, 0.29) is 0 Å². The van der Waals surface area contributed by atoms with Crippen molar-refractivity contribution in [2.24, 2.45) is 0 Å². The van der Waals surface area contributed by atoms with E-state index in [1.165, 1.54) is 0 Å². The van der Waals surface area contributed by atoms with E-state index < -0.39 is 0 Å². The maximum absolute atomic E-state index is 5.43. The zero-order valence-electron chi connectivity index (χ0n) is 17.7. The summed E-state index contributed by atoms with van der Waals surface area (Å²) in [6.45, 7) is 0. The number of benzene rings is 3. The molecule has 0 aromatic heterocycles. The topological polar surface area (TPSA) is 36.9 Å². The standard InChI is InChI=1S/C26H26O4/c1-27-23-13-15-25(29-3)21(17-23)11-9-19-5-7-20(8-6-19)10-12-22-18-24(28-2)14-16-26(22)30-4/h5-18H,1-4H3/b11-9+,12-10+. The molecule has 30 heavy (non-hydrogen) atoms. The van der Waals surface area contributed by atoms with E-state index in [2.05, 4.69) is 36.4 Å². The minimum Gasteiger partial charge on any atom is -0.497 e. The molecule has 0 heterocycles. The molecule has 0 radical (unpaired) electrons. The molecular weight excluding hydrogens is 376 g/mol. The minimum absolute atomic E-state index is 0.795. The Morgan fingerprint density at radius 2 is 0.867 bits per heavy atom. The number of rotatable bonds is 8. The van der Waals surface area contributed by atoms with Gasteiger partial charge in [-0.05, 0) is 47.5 Å². The lowest BCUT2D eigenvalue weighted by atomic mass is 10.1. The van der Waals surface area contributed by atoms with Crippen LogP contribution in [0.25, 0.3) is 24.3 Å². The van der Waals surface area contributed by atoms with Gasteiger partial charge in [-0.1, -0.05) is 48.6 Å². The van der Waals surface area contributed by atoms with Gasteiger partial charge in [0.05, 0.1) is 28.4 Å². The van der Waals surface area contributed by atoms with Crippen molar-refractivity contribution in [3.8, 4) is 23.0 Å². The molecule has 0 amide bonds. The van der Waals surface area contributed by atoms with Crippen LogP contribution >= 0.6 is 0 Å². The van der Waals surface area contributed by atoms with Crippen LogP contribution in [0.4, 0.5) is 0 Å². The highest BCUT2D eigenvalue weighted by Gasteiger charge is 2.03. The van der Waals surface area contributed by atoms with Crippen molar-refractivity contribution in [1.29, 1.82) is 0 Å². The first kappa shape index (κ1) is 21.1. The zero-order chi connectivity index (χ0) is 21.3. The van der Waals surface area contributed by atoms with E-state index in [1.54, 1.807) is 28.4 Å². The van der Waals surface area contributed by atoms with Gasteiger partial charge in [0.25, 0.3) is 0 Å². The maximum Gasteiger partial charge on any atom is 0.126 e. The average Bonchev–Trinajstić information content (AvgIpc) is 2.81. The summed E-state index contributed by atoms with van der Waals surface area (Å²) in [7, 11) is 6.64. The second-order valence-corrected chi connectivity index (χ2v) is 6.55. The molecule has 0 N–H and O–H groups in total. The molecule has 154 valence electrons. The van der Waals surface area contributed by atoms with Crippen LogP contribution in [0, 0.1) is 0 Å². The van der Waals surface area contributed by atoms with Gasteiger partial charge >= 0.3 is 0 Å². The Hall–Kier alpha value is -3.66. The predicted molar refractivity (Wildman–Crippen MR) is 123 cm³/mol. The summed E-state index contributed by atoms with van der Waals surface area (Å²) in [5.41, 5.74) is 4.11. The van der Waals surface area contributed by atoms with Crippen molar-refractivity contribution >= 4 is 24.3 Å². The molecule has 0 unspecified atom stereocenters. The predicted octanol–water partition coefficient (Wildman–Crippen LogP) is 6.06. The monoisotopic (exact) mass is 402 g/mol. The summed E-state index contributed by atoms with van der Waals surface area (Å²) in [6, 6.07) is 19.8. The Morgan fingerprint density at radius 3 is 1.20 bits per heavy atom. The van der Waals surface area contributed by atoms with Crippen LogP contribution < -0.4 is 18.9 Å². The molecule has 0 aliphatic rings. The van der Waals surface area contributed by atoms with Crippen LogP contribution in [0.2, 0.25) is 0 Å². The van der Waals surface area contributed by atoms with Crippen molar-refractivity contribution in [3.05, 3.63) is 82.9 Å². The fourth-order valence-corrected chi connectivity index (χ4v) is 3.03. The molecule has 0 saturated carbocycles. The van der Waals surface area contributed by atoms with E-state index in [4.69, 9.17) is 18.9 Å². The maximum atomic E-state index is 5.43. The third-order valence-electron chi connectivity index (χ3n) is 4.72. The molecule has 3 aromatic rings. The molecule has 4 nitrogen and oxygen atoms in total. The summed E-state index contributed by atoms with van der Waals surface area (Å²) in [6.07, 6.45) is 8.15. The van der Waals surface area contributed by atoms with Crippen molar-refractivity contribution in [1.82, 2.24) is 0 Å². The first-order valence-electron chi connectivity index (χ1n) is 9.57. The van der Waals surface area contributed by atoms with Crippen molar-refractivity contribution in [3.63, 3.8) is 0 Å². The highest BCUT2D eigenvalue weighted by Crippen LogP contribution is 2.27. The number of hydrogen-bond donors (Lipinski definition) is 0. The van der Waals surface area contributed by atoms with Gasteiger partial charge in [-0.2, -0.15) is 0 Å². The van der Waals surface area contributed by atoms with Crippen LogP contribution in [0.1, 0.15) is 22.3 Å². The van der Waals surface area contributed by atoms with Crippen molar-refractivity contribution < 1.29 is 18.9 Å². The van der Waals surface area contributed by atoms with Crippen LogP contribution in [0.3, 0.4) is 0 Å². The van der Waals surface area contributed by atoms with E-state index in [0.717, 1.165) is 45.3 Å². The van der Waals surface area contributed by atoms with Crippen LogP contribution in [0.15, 0.2) is 60.7 Å². The number of hydrogen-bond acceptors (Lipinski definition) is 4. The number of methoxy groups -OCH3 is 4. The summed E-state index contributed by atoms with van der Waals surface area (Å²) >= 11 is 0. The van der Waals surface area contributed by atoms with Gasteiger partial charge in [-0.25, -0.2) is 0 Å². The largest absolute Gasteiger partial charge is 0.497 e. The first-order chi connectivity index (χ1) is 14.7. The van der Waals surface area contributed by atoms with E-state index in [9.17, 15) is 0 Å². The van der Waals surface area contributed by atoms with Crippen LogP contribution in [0.5, 0.6) is 23.0 Å². The lowest BCUT2D eigenvalue weighted by molar-refractivity contribution is 0.402. The molecule has 0 aliphatic carbocycles. The fraction of sp³-hybridized carbons (Fsp3) is 0.154.